The van der Waals surface area contributed by atoms with Crippen LogP contribution in [0.15, 0.2) is 42.5 Å². The molecule has 0 spiro atoms. The number of hydrogen-bond acceptors (Lipinski definition) is 1. The zero-order valence-corrected chi connectivity index (χ0v) is 12.0. The van der Waals surface area contributed by atoms with Gasteiger partial charge in [0.1, 0.15) is 0 Å². The van der Waals surface area contributed by atoms with Gasteiger partial charge in [-0.1, -0.05) is 46.9 Å². The molecule has 1 unspecified atom stereocenters. The molecule has 0 aromatic heterocycles. The third kappa shape index (κ3) is 3.55. The zero-order valence-electron chi connectivity index (χ0n) is 9.75. The average molecular weight is 301 g/mol. The predicted molar refractivity (Wildman–Crippen MR) is 80.0 cm³/mol. The van der Waals surface area contributed by atoms with Crippen molar-refractivity contribution in [3.05, 3.63) is 63.1 Å². The molecule has 0 saturated carbocycles. The molecule has 0 aliphatic heterocycles. The van der Waals surface area contributed by atoms with E-state index in [1.54, 1.807) is 6.07 Å². The average Bonchev–Trinajstić information content (AvgIpc) is 2.28. The Bertz CT molecular complexity index is 517. The first-order valence-electron chi connectivity index (χ1n) is 5.53. The second kappa shape index (κ2) is 5.83. The molecule has 0 amide bonds. The largest absolute Gasteiger partial charge is 0.378 e. The van der Waals surface area contributed by atoms with E-state index in [2.05, 4.69) is 12.2 Å². The van der Waals surface area contributed by atoms with Gasteiger partial charge in [-0.15, -0.1) is 0 Å². The lowest BCUT2D eigenvalue weighted by Gasteiger charge is -2.16. The van der Waals surface area contributed by atoms with E-state index in [9.17, 15) is 0 Å². The molecular formula is C14H12Cl3N. The smallest absolute Gasteiger partial charge is 0.0485 e. The number of hydrogen-bond donors (Lipinski definition) is 1. The van der Waals surface area contributed by atoms with Crippen molar-refractivity contribution in [2.24, 2.45) is 0 Å². The predicted octanol–water partition coefficient (Wildman–Crippen LogP) is 5.82. The van der Waals surface area contributed by atoms with Gasteiger partial charge < -0.3 is 5.32 Å². The van der Waals surface area contributed by atoms with Gasteiger partial charge in [0.15, 0.2) is 0 Å². The molecule has 18 heavy (non-hydrogen) atoms. The quantitative estimate of drug-likeness (QED) is 0.753. The Morgan fingerprint density at radius 3 is 1.94 bits per heavy atom. The second-order valence-electron chi connectivity index (χ2n) is 4.08. The monoisotopic (exact) mass is 299 g/mol. The SMILES string of the molecule is CC(Nc1cc(Cl)cc(Cl)c1)c1ccc(Cl)cc1. The van der Waals surface area contributed by atoms with E-state index in [1.807, 2.05) is 36.4 Å². The Morgan fingerprint density at radius 2 is 1.39 bits per heavy atom. The summed E-state index contributed by atoms with van der Waals surface area (Å²) >= 11 is 17.8. The highest BCUT2D eigenvalue weighted by atomic mass is 35.5. The van der Waals surface area contributed by atoms with Gasteiger partial charge in [-0.25, -0.2) is 0 Å². The first kappa shape index (κ1) is 13.5. The number of anilines is 1. The van der Waals surface area contributed by atoms with Crippen LogP contribution in [0.5, 0.6) is 0 Å². The van der Waals surface area contributed by atoms with Gasteiger partial charge in [0.05, 0.1) is 0 Å². The Labute approximate surface area is 122 Å². The second-order valence-corrected chi connectivity index (χ2v) is 5.39. The maximum atomic E-state index is 5.96. The van der Waals surface area contributed by atoms with Gasteiger partial charge in [-0.2, -0.15) is 0 Å². The lowest BCUT2D eigenvalue weighted by molar-refractivity contribution is 0.885. The Kier molecular flexibility index (Phi) is 4.39. The highest BCUT2D eigenvalue weighted by Crippen LogP contribution is 2.26. The van der Waals surface area contributed by atoms with Crippen LogP contribution in [0, 0.1) is 0 Å². The lowest BCUT2D eigenvalue weighted by Crippen LogP contribution is -2.06. The van der Waals surface area contributed by atoms with E-state index in [0.29, 0.717) is 10.0 Å². The molecule has 0 aliphatic carbocycles. The molecule has 2 aromatic carbocycles. The molecule has 4 heteroatoms. The number of nitrogens with one attached hydrogen (secondary N) is 1. The summed E-state index contributed by atoms with van der Waals surface area (Å²) in [5, 5.41) is 5.32. The lowest BCUT2D eigenvalue weighted by atomic mass is 10.1. The van der Waals surface area contributed by atoms with E-state index in [1.165, 1.54) is 0 Å². The Hall–Kier alpha value is -0.890. The molecule has 2 aromatic rings. The summed E-state index contributed by atoms with van der Waals surface area (Å²) in [6.07, 6.45) is 0. The van der Waals surface area contributed by atoms with Gasteiger partial charge in [-0.3, -0.25) is 0 Å². The maximum Gasteiger partial charge on any atom is 0.0485 e. The van der Waals surface area contributed by atoms with E-state index < -0.39 is 0 Å². The summed E-state index contributed by atoms with van der Waals surface area (Å²) in [7, 11) is 0. The van der Waals surface area contributed by atoms with Crippen molar-refractivity contribution in [3.8, 4) is 0 Å². The van der Waals surface area contributed by atoms with Crippen molar-refractivity contribution < 1.29 is 0 Å². The van der Waals surface area contributed by atoms with E-state index in [-0.39, 0.29) is 6.04 Å². The number of benzene rings is 2. The summed E-state index contributed by atoms with van der Waals surface area (Å²) in [6.45, 7) is 2.07. The van der Waals surface area contributed by atoms with Gasteiger partial charge in [-0.05, 0) is 42.8 Å². The van der Waals surface area contributed by atoms with E-state index in [0.717, 1.165) is 16.3 Å². The maximum absolute atomic E-state index is 5.96. The molecule has 1 atom stereocenters. The Morgan fingerprint density at radius 1 is 0.833 bits per heavy atom. The summed E-state index contributed by atoms with van der Waals surface area (Å²) in [5.74, 6) is 0. The van der Waals surface area contributed by atoms with E-state index in [4.69, 9.17) is 34.8 Å². The van der Waals surface area contributed by atoms with Crippen molar-refractivity contribution in [2.75, 3.05) is 5.32 Å². The minimum absolute atomic E-state index is 0.150. The summed E-state index contributed by atoms with van der Waals surface area (Å²) in [5.41, 5.74) is 2.05. The number of halogens is 3. The normalized spacial score (nSPS) is 12.2. The van der Waals surface area contributed by atoms with Crippen molar-refractivity contribution >= 4 is 40.5 Å². The third-order valence-electron chi connectivity index (χ3n) is 2.62. The number of rotatable bonds is 3. The molecule has 0 saturated heterocycles. The summed E-state index contributed by atoms with van der Waals surface area (Å²) in [6, 6.07) is 13.3. The van der Waals surface area contributed by atoms with Crippen molar-refractivity contribution in [1.29, 1.82) is 0 Å². The Balaban J connectivity index is 2.15. The first-order valence-corrected chi connectivity index (χ1v) is 6.66. The third-order valence-corrected chi connectivity index (χ3v) is 3.30. The molecule has 1 N–H and O–H groups in total. The van der Waals surface area contributed by atoms with Gasteiger partial charge in [0.2, 0.25) is 0 Å². The molecule has 94 valence electrons. The summed E-state index contributed by atoms with van der Waals surface area (Å²) in [4.78, 5) is 0. The van der Waals surface area contributed by atoms with Crippen LogP contribution >= 0.6 is 34.8 Å². The van der Waals surface area contributed by atoms with Gasteiger partial charge >= 0.3 is 0 Å². The first-order chi connectivity index (χ1) is 8.54. The van der Waals surface area contributed by atoms with Crippen molar-refractivity contribution in [3.63, 3.8) is 0 Å². The van der Waals surface area contributed by atoms with Crippen LogP contribution in [0.3, 0.4) is 0 Å². The van der Waals surface area contributed by atoms with Crippen LogP contribution in [0.2, 0.25) is 15.1 Å². The molecule has 2 rings (SSSR count). The molecule has 1 nitrogen and oxygen atoms in total. The standard InChI is InChI=1S/C14H12Cl3N/c1-9(10-2-4-11(15)5-3-10)18-14-7-12(16)6-13(17)8-14/h2-9,18H,1H3. The highest BCUT2D eigenvalue weighted by molar-refractivity contribution is 6.35. The summed E-state index contributed by atoms with van der Waals surface area (Å²) < 4.78 is 0. The fourth-order valence-corrected chi connectivity index (χ4v) is 2.37. The molecule has 0 bridgehead atoms. The van der Waals surface area contributed by atoms with Crippen LogP contribution < -0.4 is 5.32 Å². The molecule has 0 fully saturated rings. The zero-order chi connectivity index (χ0) is 13.1. The van der Waals surface area contributed by atoms with Gasteiger partial charge in [0.25, 0.3) is 0 Å². The minimum Gasteiger partial charge on any atom is -0.378 e. The van der Waals surface area contributed by atoms with Crippen LogP contribution in [0.4, 0.5) is 5.69 Å². The van der Waals surface area contributed by atoms with Gasteiger partial charge in [0, 0.05) is 26.8 Å². The van der Waals surface area contributed by atoms with Crippen LogP contribution in [-0.4, -0.2) is 0 Å². The fraction of sp³-hybridized carbons (Fsp3) is 0.143. The molecule has 0 heterocycles. The van der Waals surface area contributed by atoms with Crippen molar-refractivity contribution in [2.45, 2.75) is 13.0 Å². The van der Waals surface area contributed by atoms with Crippen LogP contribution in [0.25, 0.3) is 0 Å². The van der Waals surface area contributed by atoms with E-state index >= 15 is 0 Å². The molecule has 0 radical (unpaired) electrons. The molecular weight excluding hydrogens is 289 g/mol. The minimum atomic E-state index is 0.150. The van der Waals surface area contributed by atoms with Crippen LogP contribution in [0.1, 0.15) is 18.5 Å². The molecule has 0 aliphatic rings. The fourth-order valence-electron chi connectivity index (χ4n) is 1.72. The van der Waals surface area contributed by atoms with Crippen molar-refractivity contribution in [1.82, 2.24) is 0 Å². The highest BCUT2D eigenvalue weighted by Gasteiger charge is 2.06. The van der Waals surface area contributed by atoms with Crippen LogP contribution in [-0.2, 0) is 0 Å². The topological polar surface area (TPSA) is 12.0 Å².